The maximum absolute atomic E-state index is 11.3. The molecular formula is C32H20O25. The lowest BCUT2D eigenvalue weighted by atomic mass is 9.88. The van der Waals surface area contributed by atoms with Crippen molar-refractivity contribution in [2.45, 2.75) is 24.8 Å². The van der Waals surface area contributed by atoms with E-state index < -0.39 is 74.0 Å². The molecule has 0 amide bonds. The molecule has 0 saturated carbocycles. The Kier molecular flexibility index (Phi) is 11.1. The predicted molar refractivity (Wildman–Crippen MR) is 175 cm³/mol. The van der Waals surface area contributed by atoms with Gasteiger partial charge in [-0.1, -0.05) is 0 Å². The first kappa shape index (κ1) is 39.7. The first-order valence-electron chi connectivity index (χ1n) is 14.9. The predicted octanol–water partition coefficient (Wildman–Crippen LogP) is 6.15. The zero-order valence-corrected chi connectivity index (χ0v) is 27.4. The Labute approximate surface area is 310 Å². The molecule has 5 aromatic carbocycles. The number of benzene rings is 5. The summed E-state index contributed by atoms with van der Waals surface area (Å²) in [5.41, 5.74) is 0. The summed E-state index contributed by atoms with van der Waals surface area (Å²) in [6.07, 6.45) is -22.0. The number of carbonyl (C=O) groups is 8. The van der Waals surface area contributed by atoms with Gasteiger partial charge in [-0.05, 0) is 70.1 Å². The van der Waals surface area contributed by atoms with Crippen molar-refractivity contribution in [3.63, 3.8) is 0 Å². The highest BCUT2D eigenvalue weighted by molar-refractivity contribution is 6.35. The van der Waals surface area contributed by atoms with E-state index in [1.807, 2.05) is 0 Å². The summed E-state index contributed by atoms with van der Waals surface area (Å²) in [5.74, 6) is -0.683. The molecule has 1 heterocycles. The quantitative estimate of drug-likeness (QED) is 0.0286. The maximum atomic E-state index is 11.3. The van der Waals surface area contributed by atoms with Gasteiger partial charge < -0.3 is 78.7 Å². The van der Waals surface area contributed by atoms with Gasteiger partial charge in [-0.25, -0.2) is 38.4 Å². The van der Waals surface area contributed by atoms with E-state index in [1.54, 1.807) is 0 Å². The zero-order chi connectivity index (χ0) is 41.9. The molecule has 0 aliphatic carbocycles. The van der Waals surface area contributed by atoms with Crippen LogP contribution in [0.25, 0.3) is 43.1 Å². The van der Waals surface area contributed by atoms with Gasteiger partial charge in [0.05, 0.1) is 10.8 Å². The van der Waals surface area contributed by atoms with E-state index in [4.69, 9.17) is 39.4 Å². The van der Waals surface area contributed by atoms with Crippen LogP contribution in [0, 0.1) is 0 Å². The van der Waals surface area contributed by atoms with Crippen LogP contribution in [0.3, 0.4) is 0 Å². The molecule has 0 aromatic heterocycles. The molecule has 4 atom stereocenters. The van der Waals surface area contributed by atoms with Crippen molar-refractivity contribution in [2.75, 3.05) is 0 Å². The minimum Gasteiger partial charge on any atom is -0.450 e. The smallest absolute Gasteiger partial charge is 0.450 e. The average molecular weight is 804 g/mol. The minimum atomic E-state index is -1.98. The van der Waals surface area contributed by atoms with Gasteiger partial charge >= 0.3 is 49.2 Å². The van der Waals surface area contributed by atoms with Gasteiger partial charge in [0.2, 0.25) is 12.2 Å². The van der Waals surface area contributed by atoms with Gasteiger partial charge in [-0.3, -0.25) is 4.74 Å². The molecule has 1 aliphatic rings. The van der Waals surface area contributed by atoms with Crippen molar-refractivity contribution in [1.29, 1.82) is 0 Å². The van der Waals surface area contributed by atoms with Crippen LogP contribution in [0.2, 0.25) is 0 Å². The van der Waals surface area contributed by atoms with E-state index in [0.29, 0.717) is 32.3 Å². The molecule has 1 saturated heterocycles. The van der Waals surface area contributed by atoms with Crippen molar-refractivity contribution in [3.8, 4) is 23.0 Å². The molecule has 25 nitrogen and oxygen atoms in total. The van der Waals surface area contributed by atoms with Crippen LogP contribution < -0.4 is 18.9 Å². The van der Waals surface area contributed by atoms with Gasteiger partial charge in [0, 0.05) is 10.8 Å². The minimum absolute atomic E-state index is 0.0744. The summed E-state index contributed by atoms with van der Waals surface area (Å²) in [5, 5.41) is 73.6. The average Bonchev–Trinajstić information content (AvgIpc) is 3.36. The van der Waals surface area contributed by atoms with Crippen LogP contribution in [-0.4, -0.2) is 115 Å². The number of hydrogen-bond donors (Lipinski definition) is 8. The van der Waals surface area contributed by atoms with Gasteiger partial charge in [-0.2, -0.15) is 0 Å². The highest BCUT2D eigenvalue weighted by Crippen LogP contribution is 2.49. The third kappa shape index (κ3) is 8.52. The van der Waals surface area contributed by atoms with Crippen molar-refractivity contribution >= 4 is 92.3 Å². The standard InChI is InChI=1S/C24H12O12.C8H8O13/c25-21(26)33-13-5-1-9-10-2-6-15(35-23(29)30)20-16(36-24(31)32)8-4-12(18(10)20)11-3-7-14(34-22(27)28)19(13)17(9)11;9-5(10)17-1-2(18-6(11)12)4(21-8(15)16)19-3(1)20-7(13)14/h1-8H,(H,25,26)(H,27,28)(H,29,30)(H,31,32);1-4H,(H,9,10)(H,11,12)(H,13,14)(H,15,16). The molecule has 0 bridgehead atoms. The number of fused-ring (bicyclic) bond motifs is 2. The molecule has 5 aromatic rings. The number of carboxylic acid groups (broad SMARTS) is 8. The summed E-state index contributed by atoms with van der Waals surface area (Å²) in [4.78, 5) is 87.1. The second kappa shape index (κ2) is 15.9. The van der Waals surface area contributed by atoms with E-state index in [-0.39, 0.29) is 33.8 Å². The van der Waals surface area contributed by atoms with E-state index >= 15 is 0 Å². The number of rotatable bonds is 8. The molecule has 6 rings (SSSR count). The Morgan fingerprint density at radius 2 is 0.596 bits per heavy atom. The van der Waals surface area contributed by atoms with Crippen LogP contribution in [0.1, 0.15) is 0 Å². The lowest BCUT2D eigenvalue weighted by Gasteiger charge is -2.20. The summed E-state index contributed by atoms with van der Waals surface area (Å²) < 4.78 is 40.8. The largest absolute Gasteiger partial charge is 0.511 e. The fourth-order valence-corrected chi connectivity index (χ4v) is 5.94. The van der Waals surface area contributed by atoms with Crippen LogP contribution in [0.15, 0.2) is 48.5 Å². The van der Waals surface area contributed by atoms with Crippen molar-refractivity contribution in [2.24, 2.45) is 0 Å². The molecule has 8 N–H and O–H groups in total. The Morgan fingerprint density at radius 1 is 0.351 bits per heavy atom. The molecule has 298 valence electrons. The third-order valence-electron chi connectivity index (χ3n) is 7.57. The Bertz CT molecular complexity index is 2180. The molecule has 1 aliphatic heterocycles. The molecule has 4 unspecified atom stereocenters. The normalized spacial score (nSPS) is 17.1. The van der Waals surface area contributed by atoms with Gasteiger partial charge in [0.15, 0.2) is 0 Å². The van der Waals surface area contributed by atoms with E-state index in [9.17, 15) is 58.8 Å². The zero-order valence-electron chi connectivity index (χ0n) is 27.4. The summed E-state index contributed by atoms with van der Waals surface area (Å²) >= 11 is 0. The van der Waals surface area contributed by atoms with Crippen LogP contribution in [0.5, 0.6) is 23.0 Å². The van der Waals surface area contributed by atoms with Crippen molar-refractivity contribution in [3.05, 3.63) is 48.5 Å². The van der Waals surface area contributed by atoms with E-state index in [1.165, 1.54) is 48.5 Å². The lowest BCUT2D eigenvalue weighted by Crippen LogP contribution is -2.42. The summed E-state index contributed by atoms with van der Waals surface area (Å²) in [7, 11) is 0. The second-order valence-corrected chi connectivity index (χ2v) is 10.8. The topological polar surface area (TPSA) is 381 Å². The van der Waals surface area contributed by atoms with E-state index in [0.717, 1.165) is 0 Å². The second-order valence-electron chi connectivity index (χ2n) is 10.8. The van der Waals surface area contributed by atoms with Crippen molar-refractivity contribution in [1.82, 2.24) is 0 Å². The molecule has 1 fully saturated rings. The Morgan fingerprint density at radius 3 is 0.807 bits per heavy atom. The molecule has 0 radical (unpaired) electrons. The molecule has 57 heavy (non-hydrogen) atoms. The molecule has 25 heteroatoms. The highest BCUT2D eigenvalue weighted by Gasteiger charge is 2.54. The summed E-state index contributed by atoms with van der Waals surface area (Å²) in [6.45, 7) is 0. The Balaban J connectivity index is 0.000000253. The third-order valence-corrected chi connectivity index (χ3v) is 7.57. The number of ether oxygens (including phenoxy) is 9. The first-order chi connectivity index (χ1) is 26.9. The molecular weight excluding hydrogens is 784 g/mol. The van der Waals surface area contributed by atoms with Gasteiger partial charge in [0.1, 0.15) is 23.0 Å². The van der Waals surface area contributed by atoms with Crippen LogP contribution in [-0.2, 0) is 23.7 Å². The highest BCUT2D eigenvalue weighted by atomic mass is 16.9. The SMILES string of the molecule is O=C(O)OC1OC(OC(=O)O)C(OC(=O)O)C1OC(=O)O.O=C(O)Oc1ccc2c3ccc(OC(=O)O)c4c(OC(=O)O)ccc(c5ccc(OC(=O)O)c1c25)c43. The first-order valence-corrected chi connectivity index (χ1v) is 14.9. The van der Waals surface area contributed by atoms with Crippen LogP contribution in [0.4, 0.5) is 38.4 Å². The fraction of sp³-hybridized carbons (Fsp3) is 0.125. The molecule has 0 spiro atoms. The van der Waals surface area contributed by atoms with Gasteiger partial charge in [-0.15, -0.1) is 0 Å². The maximum Gasteiger partial charge on any atom is 0.511 e. The fourth-order valence-electron chi connectivity index (χ4n) is 5.94. The number of hydrogen-bond acceptors (Lipinski definition) is 17. The Hall–Kier alpha value is -8.48. The van der Waals surface area contributed by atoms with E-state index in [2.05, 4.69) is 23.7 Å². The lowest BCUT2D eigenvalue weighted by molar-refractivity contribution is -0.193. The van der Waals surface area contributed by atoms with Gasteiger partial charge in [0.25, 0.3) is 12.6 Å². The van der Waals surface area contributed by atoms with Crippen LogP contribution >= 0.6 is 0 Å². The monoisotopic (exact) mass is 804 g/mol. The van der Waals surface area contributed by atoms with Crippen molar-refractivity contribution < 1.29 is 122 Å². The summed E-state index contributed by atoms with van der Waals surface area (Å²) in [6, 6.07) is 11.4.